The van der Waals surface area contributed by atoms with E-state index in [-0.39, 0.29) is 79.6 Å². The minimum atomic E-state index is -1.25. The molecule has 2 saturated carbocycles. The highest BCUT2D eigenvalue weighted by atomic mass is 16.6. The highest BCUT2D eigenvalue weighted by molar-refractivity contribution is 5.89. The van der Waals surface area contributed by atoms with Crippen molar-refractivity contribution in [2.45, 2.75) is 219 Å². The van der Waals surface area contributed by atoms with Gasteiger partial charge in [-0.3, -0.25) is 14.4 Å². The largest absolute Gasteiger partial charge is 0.480 e. The van der Waals surface area contributed by atoms with E-state index in [0.717, 1.165) is 81.8 Å². The summed E-state index contributed by atoms with van der Waals surface area (Å²) in [5.41, 5.74) is 7.52. The Hall–Kier alpha value is -4.74. The molecule has 2 aromatic rings. The van der Waals surface area contributed by atoms with Gasteiger partial charge in [0.05, 0.1) is 18.2 Å². The summed E-state index contributed by atoms with van der Waals surface area (Å²) >= 11 is 0. The number of alkyl carbamates (subject to hydrolysis) is 2. The molecule has 2 aliphatic carbocycles. The number of hydrogen-bond acceptors (Lipinski definition) is 13. The van der Waals surface area contributed by atoms with E-state index < -0.39 is 60.5 Å². The molecule has 0 heterocycles. The lowest BCUT2D eigenvalue weighted by atomic mass is 9.79. The van der Waals surface area contributed by atoms with E-state index in [1.165, 1.54) is 0 Å². The van der Waals surface area contributed by atoms with E-state index in [1.54, 1.807) is 0 Å². The fraction of sp³-hybridized carbons (Fsp3) is 0.684. The van der Waals surface area contributed by atoms with E-state index in [4.69, 9.17) is 20.3 Å². The number of ether oxygens (including phenoxy) is 2. The molecule has 9 N–H and O–H groups in total. The maximum atomic E-state index is 13.3. The number of rotatable bonds is 28. The summed E-state index contributed by atoms with van der Waals surface area (Å²) in [6.45, 7) is 12.0. The zero-order valence-corrected chi connectivity index (χ0v) is 44.6. The number of hydrogen-bond donors (Lipinski definition) is 8. The molecule has 16 nitrogen and oxygen atoms in total. The third-order valence-corrected chi connectivity index (χ3v) is 13.6. The van der Waals surface area contributed by atoms with Gasteiger partial charge in [0.2, 0.25) is 0 Å². The molecule has 0 bridgehead atoms. The average molecular weight is 1030 g/mol. The predicted octanol–water partition coefficient (Wildman–Crippen LogP) is 8.75. The van der Waals surface area contributed by atoms with E-state index >= 15 is 0 Å². The summed E-state index contributed by atoms with van der Waals surface area (Å²) in [5.74, 6) is -2.05. The zero-order chi connectivity index (χ0) is 54.3. The maximum Gasteiger partial charge on any atom is 0.408 e. The quantitative estimate of drug-likeness (QED) is 0.0396. The van der Waals surface area contributed by atoms with Crippen molar-refractivity contribution in [3.63, 3.8) is 0 Å². The molecule has 2 fully saturated rings. The summed E-state index contributed by atoms with van der Waals surface area (Å²) in [6.07, 6.45) is 8.63. The van der Waals surface area contributed by atoms with Gasteiger partial charge >= 0.3 is 18.2 Å². The molecule has 0 unspecified atom stereocenters. The van der Waals surface area contributed by atoms with Crippen LogP contribution in [0.4, 0.5) is 9.59 Å². The lowest BCUT2D eigenvalue weighted by Crippen LogP contribution is -2.44. The van der Waals surface area contributed by atoms with Crippen molar-refractivity contribution in [2.75, 3.05) is 0 Å². The molecule has 2 aliphatic rings. The predicted molar refractivity (Wildman–Crippen MR) is 281 cm³/mol. The number of nitrogens with one attached hydrogen (secondary N) is 2. The number of benzene rings is 2. The Kier molecular flexibility index (Phi) is 32.0. The van der Waals surface area contributed by atoms with E-state index in [9.17, 15) is 49.2 Å². The first kappa shape index (κ1) is 64.4. The number of Topliss-reactive ketones (excluding diaryl/α,β-unsaturated/α-hetero) is 3. The molecule has 0 saturated heterocycles. The van der Waals surface area contributed by atoms with Crippen molar-refractivity contribution in [1.82, 2.24) is 10.6 Å². The molecule has 0 aliphatic heterocycles. The maximum absolute atomic E-state index is 13.3. The highest BCUT2D eigenvalue weighted by Gasteiger charge is 2.35. The smallest absolute Gasteiger partial charge is 0.408 e. The van der Waals surface area contributed by atoms with Crippen LogP contribution in [0.15, 0.2) is 60.7 Å². The third kappa shape index (κ3) is 26.9. The second-order valence-electron chi connectivity index (χ2n) is 20.9. The number of carbonyl (C=O) groups is 6. The molecule has 16 heteroatoms. The second kappa shape index (κ2) is 36.2. The van der Waals surface area contributed by atoms with Gasteiger partial charge in [-0.2, -0.15) is 0 Å². The molecule has 0 aromatic heterocycles. The van der Waals surface area contributed by atoms with Gasteiger partial charge in [0, 0.05) is 25.3 Å². The summed E-state index contributed by atoms with van der Waals surface area (Å²) in [5, 5.41) is 54.9. The van der Waals surface area contributed by atoms with Crippen LogP contribution in [0.3, 0.4) is 0 Å². The fourth-order valence-electron chi connectivity index (χ4n) is 9.20. The van der Waals surface area contributed by atoms with Gasteiger partial charge in [0.25, 0.3) is 0 Å². The van der Waals surface area contributed by atoms with Gasteiger partial charge in [-0.25, -0.2) is 14.4 Å². The SMILES string of the molecule is CC(C)C[C@H](NC(=O)OCc1ccccc1)C(=O)O.CCCC[C@H](CC(=O)[C@H](CC(C)C)NC(=O)OCc1ccccc1)[C@H](O)C(=O)C[C@H]1CCCC[C@@H]1O.CCCC[C@H](N)[C@H](O)C(=O)C[C@H]1CCCC[C@@H]1O. The van der Waals surface area contributed by atoms with Crippen LogP contribution in [0.25, 0.3) is 0 Å². The summed E-state index contributed by atoms with van der Waals surface area (Å²) in [4.78, 5) is 73.1. The van der Waals surface area contributed by atoms with Gasteiger partial charge in [-0.05, 0) is 92.1 Å². The monoisotopic (exact) mass is 1030 g/mol. The van der Waals surface area contributed by atoms with Crippen LogP contribution in [0, 0.1) is 29.6 Å². The number of unbranched alkanes of at least 4 members (excludes halogenated alkanes) is 2. The minimum absolute atomic E-state index is 0.0104. The lowest BCUT2D eigenvalue weighted by Gasteiger charge is -2.29. The minimum Gasteiger partial charge on any atom is -0.480 e. The van der Waals surface area contributed by atoms with Crippen LogP contribution < -0.4 is 16.4 Å². The Balaban J connectivity index is 0.000000414. The molecule has 2 amide bonds. The van der Waals surface area contributed by atoms with Crippen molar-refractivity contribution in [3.05, 3.63) is 71.8 Å². The number of carboxylic acids is 1. The van der Waals surface area contributed by atoms with Crippen LogP contribution >= 0.6 is 0 Å². The number of ketones is 3. The number of aliphatic hydroxyl groups is 4. The number of amides is 2. The molecular formula is C57H91N3O13. The fourth-order valence-corrected chi connectivity index (χ4v) is 9.20. The third-order valence-electron chi connectivity index (χ3n) is 13.6. The molecule has 412 valence electrons. The van der Waals surface area contributed by atoms with Gasteiger partial charge in [-0.1, -0.05) is 154 Å². The number of aliphatic carboxylic acids is 1. The topological polar surface area (TPSA) is 272 Å². The van der Waals surface area contributed by atoms with Gasteiger partial charge < -0.3 is 51.4 Å². The molecule has 0 spiro atoms. The second-order valence-corrected chi connectivity index (χ2v) is 20.9. The van der Waals surface area contributed by atoms with Gasteiger partial charge in [0.15, 0.2) is 17.3 Å². The van der Waals surface area contributed by atoms with Crippen LogP contribution in [-0.2, 0) is 41.9 Å². The molecule has 4 rings (SSSR count). The number of carboxylic acid groups (broad SMARTS) is 1. The highest BCUT2D eigenvalue weighted by Crippen LogP contribution is 2.30. The molecule has 2 aromatic carbocycles. The first-order valence-corrected chi connectivity index (χ1v) is 27.0. The first-order valence-electron chi connectivity index (χ1n) is 27.0. The Morgan fingerprint density at radius 3 is 1.44 bits per heavy atom. The lowest BCUT2D eigenvalue weighted by molar-refractivity contribution is -0.140. The van der Waals surface area contributed by atoms with E-state index in [2.05, 4.69) is 17.6 Å². The van der Waals surface area contributed by atoms with Crippen molar-refractivity contribution >= 4 is 35.5 Å². The Bertz CT molecular complexity index is 1880. The standard InChI is InChI=1S/C29H45NO6.C14H19NO4.C14H27NO3/c1-4-5-13-23(28(34)27(33)17-22-14-9-10-15-25(22)31)18-26(32)24(16-20(2)3)30-29(35)36-19-21-11-7-6-8-12-21;1-10(2)8-12(13(16)17)15-14(18)19-9-11-6-4-3-5-7-11;1-2-3-7-11(15)14(18)13(17)9-10-6-4-5-8-12(10)16/h6-8,11-12,20,22-25,28,31,34H,4-5,9-10,13-19H2,1-3H3,(H,30,35);3-7,10,12H,8-9H2,1-2H3,(H,15,18)(H,16,17);10-12,14,16,18H,2-9,15H2,1H3/t22-,23-,24+,25+,28+;12-;10-,11+,12+,14+/m101/s1. The number of aliphatic hydroxyl groups excluding tert-OH is 4. The van der Waals surface area contributed by atoms with Crippen LogP contribution in [0.1, 0.15) is 175 Å². The normalized spacial score (nSPS) is 20.0. The van der Waals surface area contributed by atoms with Crippen molar-refractivity contribution in [3.8, 4) is 0 Å². The molecule has 10 atom stereocenters. The van der Waals surface area contributed by atoms with Crippen molar-refractivity contribution in [2.24, 2.45) is 35.3 Å². The summed E-state index contributed by atoms with van der Waals surface area (Å²) in [6, 6.07) is 16.4. The molecule has 0 radical (unpaired) electrons. The number of nitrogens with two attached hydrogens (primary N) is 1. The summed E-state index contributed by atoms with van der Waals surface area (Å²) < 4.78 is 10.3. The van der Waals surface area contributed by atoms with Gasteiger partial charge in [-0.15, -0.1) is 0 Å². The Morgan fingerprint density at radius 1 is 0.603 bits per heavy atom. The van der Waals surface area contributed by atoms with Crippen molar-refractivity contribution in [1.29, 1.82) is 0 Å². The Morgan fingerprint density at radius 2 is 1.01 bits per heavy atom. The average Bonchev–Trinajstić information content (AvgIpc) is 3.36. The summed E-state index contributed by atoms with van der Waals surface area (Å²) in [7, 11) is 0. The number of carbonyl (C=O) groups excluding carboxylic acids is 5. The van der Waals surface area contributed by atoms with Crippen molar-refractivity contribution < 1.29 is 63.8 Å². The van der Waals surface area contributed by atoms with Gasteiger partial charge in [0.1, 0.15) is 31.5 Å². The van der Waals surface area contributed by atoms with E-state index in [0.29, 0.717) is 32.1 Å². The molecule has 73 heavy (non-hydrogen) atoms. The molecular weight excluding hydrogens is 935 g/mol. The first-order chi connectivity index (χ1) is 34.7. The van der Waals surface area contributed by atoms with Crippen LogP contribution in [-0.4, -0.2) is 104 Å². The van der Waals surface area contributed by atoms with E-state index in [1.807, 2.05) is 95.3 Å². The van der Waals surface area contributed by atoms with Crippen LogP contribution in [0.5, 0.6) is 0 Å². The zero-order valence-electron chi connectivity index (χ0n) is 44.6. The Labute approximate surface area is 435 Å². The van der Waals surface area contributed by atoms with Crippen LogP contribution in [0.2, 0.25) is 0 Å².